The summed E-state index contributed by atoms with van der Waals surface area (Å²) in [6, 6.07) is 18.7. The molecule has 0 aliphatic rings. The molecule has 3 amide bonds. The Morgan fingerprint density at radius 2 is 1.62 bits per heavy atom. The summed E-state index contributed by atoms with van der Waals surface area (Å²) in [5.74, 6) is -0.779. The van der Waals surface area contributed by atoms with E-state index in [2.05, 4.69) is 10.6 Å². The van der Waals surface area contributed by atoms with E-state index in [4.69, 9.17) is 16.3 Å². The lowest BCUT2D eigenvalue weighted by atomic mass is 9.95. The van der Waals surface area contributed by atoms with Gasteiger partial charge in [0.05, 0.1) is 10.7 Å². The number of halogens is 1. The molecule has 0 aliphatic carbocycles. The fourth-order valence-corrected chi connectivity index (χ4v) is 5.14. The molecule has 42 heavy (non-hydrogen) atoms. The lowest BCUT2D eigenvalue weighted by Crippen LogP contribution is -2.53. The first kappa shape index (κ1) is 32.7. The Morgan fingerprint density at radius 1 is 0.929 bits per heavy atom. The minimum absolute atomic E-state index is 0.226. The predicted molar refractivity (Wildman–Crippen MR) is 169 cm³/mol. The van der Waals surface area contributed by atoms with Crippen molar-refractivity contribution in [2.24, 2.45) is 0 Å². The minimum Gasteiger partial charge on any atom is -0.444 e. The molecule has 0 saturated carbocycles. The highest BCUT2D eigenvalue weighted by Crippen LogP contribution is 2.31. The summed E-state index contributed by atoms with van der Waals surface area (Å²) in [4.78, 5) is 43.1. The zero-order valence-electron chi connectivity index (χ0n) is 25.6. The third kappa shape index (κ3) is 8.83. The van der Waals surface area contributed by atoms with Crippen LogP contribution >= 0.6 is 11.6 Å². The molecule has 2 N–H and O–H groups in total. The van der Waals surface area contributed by atoms with Crippen molar-refractivity contribution in [1.29, 1.82) is 0 Å². The summed E-state index contributed by atoms with van der Waals surface area (Å²) in [5.41, 5.74) is 4.02. The molecular formula is C34H42ClN3O4. The fraction of sp³-hybridized carbons (Fsp3) is 0.382. The Hall–Kier alpha value is -3.84. The molecule has 0 bridgehead atoms. The number of hydrogen-bond donors (Lipinski definition) is 2. The molecule has 0 fully saturated rings. The molecule has 0 aliphatic heterocycles. The Bertz CT molecular complexity index is 1380. The van der Waals surface area contributed by atoms with Crippen molar-refractivity contribution in [3.05, 3.63) is 99.6 Å². The number of anilines is 1. The first-order valence-electron chi connectivity index (χ1n) is 14.3. The van der Waals surface area contributed by atoms with Crippen molar-refractivity contribution in [3.63, 3.8) is 0 Å². The van der Waals surface area contributed by atoms with Crippen LogP contribution in [0.1, 0.15) is 68.0 Å². The van der Waals surface area contributed by atoms with Crippen LogP contribution < -0.4 is 10.6 Å². The summed E-state index contributed by atoms with van der Waals surface area (Å²) in [6.07, 6.45) is 0.118. The van der Waals surface area contributed by atoms with E-state index >= 15 is 0 Å². The Labute approximate surface area is 254 Å². The molecule has 3 aromatic carbocycles. The number of ether oxygens (including phenoxy) is 1. The van der Waals surface area contributed by atoms with Crippen LogP contribution in [-0.4, -0.2) is 41.0 Å². The lowest BCUT2D eigenvalue weighted by Gasteiger charge is -2.35. The molecular weight excluding hydrogens is 550 g/mol. The average Bonchev–Trinajstić information content (AvgIpc) is 2.90. The molecule has 2 unspecified atom stereocenters. The summed E-state index contributed by atoms with van der Waals surface area (Å²) >= 11 is 6.47. The average molecular weight is 592 g/mol. The molecule has 0 radical (unpaired) electrons. The van der Waals surface area contributed by atoms with Gasteiger partial charge in [0.2, 0.25) is 5.91 Å². The molecule has 0 heterocycles. The largest absolute Gasteiger partial charge is 0.444 e. The van der Waals surface area contributed by atoms with E-state index in [-0.39, 0.29) is 18.9 Å². The third-order valence-electron chi connectivity index (χ3n) is 6.77. The van der Waals surface area contributed by atoms with E-state index in [0.717, 1.165) is 22.3 Å². The molecule has 224 valence electrons. The second kappa shape index (κ2) is 14.4. The lowest BCUT2D eigenvalue weighted by molar-refractivity contribution is -0.140. The first-order chi connectivity index (χ1) is 19.8. The predicted octanol–water partition coefficient (Wildman–Crippen LogP) is 7.32. The number of carbonyl (C=O) groups excluding carboxylic acids is 3. The number of alkyl carbamates (subject to hydrolysis) is 1. The molecule has 3 aromatic rings. The molecule has 7 nitrogen and oxygen atoms in total. The standard InChI is InChI=1S/C34H42ClN3O4/c1-8-19-38(32(40)28(21-25-14-10-9-11-15-25)36-33(41)42-34(5,6)7)30(26-18-17-22(2)20-24(26)4)31(39)37-29-23(3)13-12-16-27(29)35/h9-18,20,28,30H,8,19,21H2,1-7H3,(H,36,41)(H,37,39). The van der Waals surface area contributed by atoms with Gasteiger partial charge < -0.3 is 20.3 Å². The smallest absolute Gasteiger partial charge is 0.408 e. The first-order valence-corrected chi connectivity index (χ1v) is 14.7. The summed E-state index contributed by atoms with van der Waals surface area (Å²) in [7, 11) is 0. The van der Waals surface area contributed by atoms with Crippen molar-refractivity contribution in [2.45, 2.75) is 79.0 Å². The second-order valence-electron chi connectivity index (χ2n) is 11.6. The van der Waals surface area contributed by atoms with E-state index in [9.17, 15) is 14.4 Å². The second-order valence-corrected chi connectivity index (χ2v) is 12.0. The van der Waals surface area contributed by atoms with Gasteiger partial charge in [-0.3, -0.25) is 9.59 Å². The van der Waals surface area contributed by atoms with Crippen LogP contribution in [0, 0.1) is 20.8 Å². The van der Waals surface area contributed by atoms with Crippen LogP contribution in [-0.2, 0) is 20.7 Å². The quantitative estimate of drug-likeness (QED) is 0.258. The van der Waals surface area contributed by atoms with Gasteiger partial charge in [-0.2, -0.15) is 0 Å². The summed E-state index contributed by atoms with van der Waals surface area (Å²) in [6.45, 7) is 13.3. The number of para-hydroxylation sites is 1. The van der Waals surface area contributed by atoms with Gasteiger partial charge in [-0.25, -0.2) is 4.79 Å². The van der Waals surface area contributed by atoms with Gasteiger partial charge in [0.15, 0.2) is 0 Å². The SMILES string of the molecule is CCCN(C(=O)C(Cc1ccccc1)NC(=O)OC(C)(C)C)C(C(=O)Nc1c(C)cccc1Cl)c1ccc(C)cc1C. The fourth-order valence-electron chi connectivity index (χ4n) is 4.87. The molecule has 2 atom stereocenters. The van der Waals surface area contributed by atoms with Gasteiger partial charge >= 0.3 is 6.09 Å². The van der Waals surface area contributed by atoms with Gasteiger partial charge in [0.1, 0.15) is 17.7 Å². The van der Waals surface area contributed by atoms with Crippen LogP contribution in [0.4, 0.5) is 10.5 Å². The van der Waals surface area contributed by atoms with E-state index in [1.54, 1.807) is 31.7 Å². The maximum Gasteiger partial charge on any atom is 0.408 e. The van der Waals surface area contributed by atoms with Crippen LogP contribution in [0.25, 0.3) is 0 Å². The third-order valence-corrected chi connectivity index (χ3v) is 7.08. The highest BCUT2D eigenvalue weighted by molar-refractivity contribution is 6.34. The number of carbonyl (C=O) groups is 3. The monoisotopic (exact) mass is 591 g/mol. The van der Waals surface area contributed by atoms with Crippen molar-refractivity contribution in [1.82, 2.24) is 10.2 Å². The van der Waals surface area contributed by atoms with Gasteiger partial charge in [-0.15, -0.1) is 0 Å². The Balaban J connectivity index is 2.09. The number of rotatable bonds is 10. The normalized spacial score (nSPS) is 12.7. The van der Waals surface area contributed by atoms with E-state index in [0.29, 0.717) is 22.7 Å². The van der Waals surface area contributed by atoms with Gasteiger partial charge in [0.25, 0.3) is 5.91 Å². The topological polar surface area (TPSA) is 87.7 Å². The van der Waals surface area contributed by atoms with E-state index in [1.165, 1.54) is 0 Å². The molecule has 0 aromatic heterocycles. The van der Waals surface area contributed by atoms with E-state index in [1.807, 2.05) is 88.4 Å². The molecule has 3 rings (SSSR count). The van der Waals surface area contributed by atoms with Crippen molar-refractivity contribution >= 4 is 35.2 Å². The number of aryl methyl sites for hydroxylation is 3. The number of amides is 3. The highest BCUT2D eigenvalue weighted by atomic mass is 35.5. The Morgan fingerprint density at radius 3 is 2.21 bits per heavy atom. The molecule has 8 heteroatoms. The van der Waals surface area contributed by atoms with Crippen LogP contribution in [0.5, 0.6) is 0 Å². The number of nitrogens with one attached hydrogen (secondary N) is 2. The summed E-state index contributed by atoms with van der Waals surface area (Å²) < 4.78 is 5.51. The van der Waals surface area contributed by atoms with Crippen LogP contribution in [0.3, 0.4) is 0 Å². The van der Waals surface area contributed by atoms with Crippen LogP contribution in [0.2, 0.25) is 5.02 Å². The maximum atomic E-state index is 14.5. The van der Waals surface area contributed by atoms with Crippen molar-refractivity contribution < 1.29 is 19.1 Å². The van der Waals surface area contributed by atoms with Gasteiger partial charge in [0, 0.05) is 13.0 Å². The zero-order valence-corrected chi connectivity index (χ0v) is 26.3. The van der Waals surface area contributed by atoms with Crippen LogP contribution in [0.15, 0.2) is 66.7 Å². The van der Waals surface area contributed by atoms with Crippen molar-refractivity contribution in [2.75, 3.05) is 11.9 Å². The van der Waals surface area contributed by atoms with E-state index < -0.39 is 29.7 Å². The zero-order chi connectivity index (χ0) is 31.0. The minimum atomic E-state index is -0.979. The highest BCUT2D eigenvalue weighted by Gasteiger charge is 2.37. The number of hydrogen-bond acceptors (Lipinski definition) is 4. The summed E-state index contributed by atoms with van der Waals surface area (Å²) in [5, 5.41) is 6.20. The number of benzene rings is 3. The number of nitrogens with zero attached hydrogens (tertiary/aromatic N) is 1. The molecule has 0 saturated heterocycles. The molecule has 0 spiro atoms. The Kier molecular flexibility index (Phi) is 11.2. The van der Waals surface area contributed by atoms with Gasteiger partial charge in [-0.05, 0) is 76.3 Å². The van der Waals surface area contributed by atoms with Crippen molar-refractivity contribution in [3.8, 4) is 0 Å². The maximum absolute atomic E-state index is 14.5. The van der Waals surface area contributed by atoms with Gasteiger partial charge in [-0.1, -0.05) is 84.8 Å².